The number of rotatable bonds is 4. The van der Waals surface area contributed by atoms with Gasteiger partial charge in [-0.25, -0.2) is 0 Å². The lowest BCUT2D eigenvalue weighted by Crippen LogP contribution is -2.30. The van der Waals surface area contributed by atoms with Crippen LogP contribution in [-0.4, -0.2) is 32.0 Å². The number of hydrogen-bond acceptors (Lipinski definition) is 4. The highest BCUT2D eigenvalue weighted by atomic mass is 19.4. The summed E-state index contributed by atoms with van der Waals surface area (Å²) in [7, 11) is 3.21. The molecule has 0 bridgehead atoms. The topological polar surface area (TPSA) is 63.4 Å². The van der Waals surface area contributed by atoms with Gasteiger partial charge in [-0.1, -0.05) is 59.7 Å². The standard InChI is InChI=1S/C19H17F3N2O.C8H8O2.3C2H6/c1-25-13-5-2-11(3-6-13)17-18-15(8-9-23-17)14-7-4-12(19(20,21)22)10-16(14)24-18;1-10-8-4-2-7(6-9)3-5-8;3*1-2/h2-7,10,17,23-24H,8-9H2,1H3;2-6H,1H3;3*1-2H3. The Balaban J connectivity index is 0.000000441. The fraction of sp³-hybridized carbons (Fsp3) is 0.364. The molecule has 0 amide bonds. The molecule has 1 aliphatic heterocycles. The third-order valence-electron chi connectivity index (χ3n) is 5.98. The molecule has 0 fully saturated rings. The van der Waals surface area contributed by atoms with Crippen molar-refractivity contribution < 1.29 is 27.4 Å². The summed E-state index contributed by atoms with van der Waals surface area (Å²) in [5, 5.41) is 4.30. The molecule has 5 rings (SSSR count). The highest BCUT2D eigenvalue weighted by Crippen LogP contribution is 2.37. The fourth-order valence-electron chi connectivity index (χ4n) is 4.18. The van der Waals surface area contributed by atoms with Gasteiger partial charge in [0.05, 0.1) is 25.8 Å². The van der Waals surface area contributed by atoms with E-state index in [0.717, 1.165) is 59.0 Å². The molecule has 224 valence electrons. The average Bonchev–Trinajstić information content (AvgIpc) is 3.42. The van der Waals surface area contributed by atoms with Gasteiger partial charge in [0, 0.05) is 28.7 Å². The van der Waals surface area contributed by atoms with Crippen molar-refractivity contribution in [3.8, 4) is 11.5 Å². The minimum Gasteiger partial charge on any atom is -0.497 e. The van der Waals surface area contributed by atoms with Crippen LogP contribution in [0.5, 0.6) is 11.5 Å². The van der Waals surface area contributed by atoms with Crippen LogP contribution >= 0.6 is 0 Å². The number of alkyl halides is 3. The Morgan fingerprint density at radius 3 is 1.83 bits per heavy atom. The van der Waals surface area contributed by atoms with Crippen molar-refractivity contribution in [2.45, 2.75) is 60.2 Å². The molecular weight excluding hydrogens is 529 g/mol. The number of carbonyl (C=O) groups excluding carboxylic acids is 1. The van der Waals surface area contributed by atoms with Crippen LogP contribution in [-0.2, 0) is 12.6 Å². The number of aldehydes is 1. The maximum atomic E-state index is 13.0. The number of hydrogen-bond donors (Lipinski definition) is 2. The predicted octanol–water partition coefficient (Wildman–Crippen LogP) is 9.02. The fourth-order valence-corrected chi connectivity index (χ4v) is 4.18. The Kier molecular flexibility index (Phi) is 15.3. The summed E-state index contributed by atoms with van der Waals surface area (Å²) >= 11 is 0. The molecule has 3 aromatic carbocycles. The minimum absolute atomic E-state index is 0.0728. The number of H-pyrrole nitrogens is 1. The second kappa shape index (κ2) is 17.8. The normalized spacial score (nSPS) is 13.3. The van der Waals surface area contributed by atoms with Gasteiger partial charge < -0.3 is 19.8 Å². The van der Waals surface area contributed by atoms with E-state index in [-0.39, 0.29) is 6.04 Å². The summed E-state index contributed by atoms with van der Waals surface area (Å²) < 4.78 is 49.0. The Hall–Kier alpha value is -3.78. The lowest BCUT2D eigenvalue weighted by molar-refractivity contribution is -0.137. The van der Waals surface area contributed by atoms with E-state index in [4.69, 9.17) is 9.47 Å². The lowest BCUT2D eigenvalue weighted by atomic mass is 9.94. The Morgan fingerprint density at radius 2 is 1.34 bits per heavy atom. The number of aromatic amines is 1. The number of halogens is 3. The Labute approximate surface area is 242 Å². The summed E-state index contributed by atoms with van der Waals surface area (Å²) in [6.07, 6.45) is -2.75. The van der Waals surface area contributed by atoms with Gasteiger partial charge in [0.25, 0.3) is 0 Å². The number of benzene rings is 3. The molecule has 0 aliphatic carbocycles. The van der Waals surface area contributed by atoms with Crippen LogP contribution in [0.25, 0.3) is 10.9 Å². The van der Waals surface area contributed by atoms with Crippen molar-refractivity contribution in [2.24, 2.45) is 0 Å². The molecule has 8 heteroatoms. The molecule has 1 atom stereocenters. The van der Waals surface area contributed by atoms with E-state index in [9.17, 15) is 18.0 Å². The van der Waals surface area contributed by atoms with Crippen molar-refractivity contribution in [3.05, 3.63) is 94.7 Å². The molecule has 41 heavy (non-hydrogen) atoms. The molecule has 0 radical (unpaired) electrons. The minimum atomic E-state index is -4.34. The van der Waals surface area contributed by atoms with Gasteiger partial charge in [-0.05, 0) is 66.1 Å². The van der Waals surface area contributed by atoms with E-state index in [2.05, 4.69) is 10.3 Å². The third kappa shape index (κ3) is 9.39. The van der Waals surface area contributed by atoms with Crippen molar-refractivity contribution in [2.75, 3.05) is 20.8 Å². The number of carbonyl (C=O) groups is 1. The number of methoxy groups -OCH3 is 2. The second-order valence-electron chi connectivity index (χ2n) is 8.08. The van der Waals surface area contributed by atoms with E-state index in [0.29, 0.717) is 11.1 Å². The molecule has 1 aliphatic rings. The van der Waals surface area contributed by atoms with Crippen LogP contribution in [0, 0.1) is 0 Å². The summed E-state index contributed by atoms with van der Waals surface area (Å²) in [6.45, 7) is 12.8. The van der Waals surface area contributed by atoms with Crippen LogP contribution in [0.15, 0.2) is 66.7 Å². The van der Waals surface area contributed by atoms with E-state index < -0.39 is 11.7 Å². The zero-order valence-corrected chi connectivity index (χ0v) is 25.3. The first-order valence-corrected chi connectivity index (χ1v) is 14.0. The van der Waals surface area contributed by atoms with E-state index >= 15 is 0 Å². The van der Waals surface area contributed by atoms with E-state index in [1.807, 2.05) is 65.8 Å². The zero-order chi connectivity index (χ0) is 31.0. The first-order valence-electron chi connectivity index (χ1n) is 14.0. The number of ether oxygens (including phenoxy) is 2. The molecule has 5 nitrogen and oxygen atoms in total. The van der Waals surface area contributed by atoms with E-state index in [1.54, 1.807) is 44.6 Å². The second-order valence-corrected chi connectivity index (χ2v) is 8.08. The average molecular weight is 573 g/mol. The van der Waals surface area contributed by atoms with Gasteiger partial charge in [-0.3, -0.25) is 4.79 Å². The zero-order valence-electron chi connectivity index (χ0n) is 25.3. The Morgan fingerprint density at radius 1 is 0.805 bits per heavy atom. The first kappa shape index (κ1) is 35.2. The van der Waals surface area contributed by atoms with Crippen molar-refractivity contribution in [1.29, 1.82) is 0 Å². The summed E-state index contributed by atoms with van der Waals surface area (Å²) in [6, 6.07) is 18.5. The maximum Gasteiger partial charge on any atom is 0.416 e. The number of nitrogens with one attached hydrogen (secondary N) is 2. The number of fused-ring (bicyclic) bond motifs is 3. The highest BCUT2D eigenvalue weighted by Gasteiger charge is 2.32. The Bertz CT molecular complexity index is 1300. The molecule has 2 N–H and O–H groups in total. The van der Waals surface area contributed by atoms with E-state index in [1.165, 1.54) is 6.07 Å². The highest BCUT2D eigenvalue weighted by molar-refractivity contribution is 5.86. The summed E-state index contributed by atoms with van der Waals surface area (Å²) in [5.41, 5.74) is 3.63. The predicted molar refractivity (Wildman–Crippen MR) is 162 cm³/mol. The maximum absolute atomic E-state index is 13.0. The first-order chi connectivity index (χ1) is 19.8. The molecule has 0 saturated heterocycles. The summed E-state index contributed by atoms with van der Waals surface area (Å²) in [5.74, 6) is 1.54. The quantitative estimate of drug-likeness (QED) is 0.240. The van der Waals surface area contributed by atoms with Gasteiger partial charge in [-0.15, -0.1) is 0 Å². The van der Waals surface area contributed by atoms with Crippen LogP contribution in [0.1, 0.15) is 80.3 Å². The lowest BCUT2D eigenvalue weighted by Gasteiger charge is -2.25. The molecule has 0 saturated carbocycles. The van der Waals surface area contributed by atoms with Crippen molar-refractivity contribution in [1.82, 2.24) is 10.3 Å². The molecule has 1 aromatic heterocycles. The molecule has 1 unspecified atom stereocenters. The van der Waals surface area contributed by atoms with Crippen molar-refractivity contribution in [3.63, 3.8) is 0 Å². The smallest absolute Gasteiger partial charge is 0.416 e. The van der Waals surface area contributed by atoms with Gasteiger partial charge in [0.1, 0.15) is 17.8 Å². The van der Waals surface area contributed by atoms with Gasteiger partial charge in [0.2, 0.25) is 0 Å². The van der Waals surface area contributed by atoms with Gasteiger partial charge in [-0.2, -0.15) is 13.2 Å². The SMILES string of the molecule is CC.CC.CC.COc1ccc(C2NCCc3c2[nH]c2cc(C(F)(F)F)ccc32)cc1.COc1ccc(C=O)cc1. The van der Waals surface area contributed by atoms with Crippen LogP contribution < -0.4 is 14.8 Å². The largest absolute Gasteiger partial charge is 0.497 e. The van der Waals surface area contributed by atoms with Gasteiger partial charge >= 0.3 is 6.18 Å². The van der Waals surface area contributed by atoms with Crippen LogP contribution in [0.3, 0.4) is 0 Å². The molecule has 4 aromatic rings. The van der Waals surface area contributed by atoms with Crippen LogP contribution in [0.4, 0.5) is 13.2 Å². The number of aromatic nitrogens is 1. The van der Waals surface area contributed by atoms with Gasteiger partial charge in [0.15, 0.2) is 0 Å². The molecule has 2 heterocycles. The molecule has 0 spiro atoms. The third-order valence-corrected chi connectivity index (χ3v) is 5.98. The molecular formula is C33H43F3N2O3. The van der Waals surface area contributed by atoms with Crippen LogP contribution in [0.2, 0.25) is 0 Å². The monoisotopic (exact) mass is 572 g/mol. The van der Waals surface area contributed by atoms with Crippen molar-refractivity contribution >= 4 is 17.2 Å². The summed E-state index contributed by atoms with van der Waals surface area (Å²) in [4.78, 5) is 13.4.